The topological polar surface area (TPSA) is 29.5 Å². The molecule has 0 aliphatic rings. The molecule has 0 aliphatic heterocycles. The van der Waals surface area contributed by atoms with E-state index in [-0.39, 0.29) is 24.4 Å². The van der Waals surface area contributed by atoms with Gasteiger partial charge in [0.15, 0.2) is 0 Å². The van der Waals surface area contributed by atoms with Crippen molar-refractivity contribution < 1.29 is 13.9 Å². The van der Waals surface area contributed by atoms with E-state index in [4.69, 9.17) is 4.74 Å². The van der Waals surface area contributed by atoms with Gasteiger partial charge in [-0.25, -0.2) is 4.39 Å². The molecule has 0 N–H and O–H groups in total. The van der Waals surface area contributed by atoms with E-state index in [1.54, 1.807) is 19.1 Å². The highest BCUT2D eigenvalue weighted by molar-refractivity contribution is 5.71. The van der Waals surface area contributed by atoms with Crippen LogP contribution in [0.15, 0.2) is 24.3 Å². The Balaban J connectivity index is 2.60. The van der Waals surface area contributed by atoms with Crippen molar-refractivity contribution in [3.05, 3.63) is 35.6 Å². The van der Waals surface area contributed by atoms with Gasteiger partial charge < -0.3 is 4.74 Å². The average Bonchev–Trinajstić information content (AvgIpc) is 2.29. The van der Waals surface area contributed by atoms with Crippen LogP contribution in [0.1, 0.15) is 25.5 Å². The van der Waals surface area contributed by atoms with Crippen molar-refractivity contribution >= 4 is 5.97 Å². The number of likely N-dealkylation sites (N-methyl/N-ethyl adjacent to an activating group) is 1. The summed E-state index contributed by atoms with van der Waals surface area (Å²) in [6, 6.07) is 6.33. The fraction of sp³-hybridized carbons (Fsp3) is 0.462. The summed E-state index contributed by atoms with van der Waals surface area (Å²) < 4.78 is 17.7. The maximum Gasteiger partial charge on any atom is 0.320 e. The van der Waals surface area contributed by atoms with E-state index in [0.29, 0.717) is 6.61 Å². The maximum absolute atomic E-state index is 12.8. The number of hydrogen-bond acceptors (Lipinski definition) is 3. The number of carbonyl (C=O) groups is 1. The molecule has 0 fully saturated rings. The number of nitrogens with zero attached hydrogens (tertiary/aromatic N) is 1. The number of esters is 1. The van der Waals surface area contributed by atoms with Gasteiger partial charge in [0, 0.05) is 6.04 Å². The third-order valence-corrected chi connectivity index (χ3v) is 2.70. The first kappa shape index (κ1) is 13.6. The van der Waals surface area contributed by atoms with Crippen molar-refractivity contribution in [2.45, 2.75) is 19.9 Å². The summed E-state index contributed by atoms with van der Waals surface area (Å²) in [4.78, 5) is 13.2. The zero-order chi connectivity index (χ0) is 12.8. The zero-order valence-corrected chi connectivity index (χ0v) is 10.4. The Labute approximate surface area is 101 Å². The van der Waals surface area contributed by atoms with Crippen LogP contribution in [0.2, 0.25) is 0 Å². The summed E-state index contributed by atoms with van der Waals surface area (Å²) in [6.07, 6.45) is 0. The highest BCUT2D eigenvalue weighted by atomic mass is 19.1. The molecule has 0 amide bonds. The molecule has 0 aromatic heterocycles. The highest BCUT2D eigenvalue weighted by Gasteiger charge is 2.15. The third-order valence-electron chi connectivity index (χ3n) is 2.70. The lowest BCUT2D eigenvalue weighted by Crippen LogP contribution is -2.29. The average molecular weight is 239 g/mol. The van der Waals surface area contributed by atoms with Crippen LogP contribution in [0.3, 0.4) is 0 Å². The minimum atomic E-state index is -0.256. The normalized spacial score (nSPS) is 12.5. The van der Waals surface area contributed by atoms with Gasteiger partial charge in [-0.3, -0.25) is 9.69 Å². The Hall–Kier alpha value is -1.42. The Kier molecular flexibility index (Phi) is 5.10. The van der Waals surface area contributed by atoms with E-state index < -0.39 is 0 Å². The number of ether oxygens (including phenoxy) is 1. The minimum Gasteiger partial charge on any atom is -0.465 e. The van der Waals surface area contributed by atoms with Gasteiger partial charge in [0.2, 0.25) is 0 Å². The van der Waals surface area contributed by atoms with Crippen LogP contribution in [0.4, 0.5) is 4.39 Å². The van der Waals surface area contributed by atoms with Gasteiger partial charge in [-0.15, -0.1) is 0 Å². The van der Waals surface area contributed by atoms with Gasteiger partial charge in [0.25, 0.3) is 0 Å². The molecular formula is C13H18FNO2. The van der Waals surface area contributed by atoms with Crippen LogP contribution in [-0.2, 0) is 9.53 Å². The molecule has 0 aliphatic carbocycles. The summed E-state index contributed by atoms with van der Waals surface area (Å²) >= 11 is 0. The fourth-order valence-electron chi connectivity index (χ4n) is 1.54. The number of benzene rings is 1. The molecule has 1 atom stereocenters. The molecule has 1 rings (SSSR count). The molecule has 0 bridgehead atoms. The van der Waals surface area contributed by atoms with Crippen molar-refractivity contribution in [3.8, 4) is 0 Å². The predicted octanol–water partition coefficient (Wildman–Crippen LogP) is 2.38. The van der Waals surface area contributed by atoms with E-state index in [1.807, 2.05) is 18.9 Å². The third kappa shape index (κ3) is 4.15. The zero-order valence-electron chi connectivity index (χ0n) is 10.4. The molecule has 94 valence electrons. The molecule has 0 saturated heterocycles. The lowest BCUT2D eigenvalue weighted by molar-refractivity contribution is -0.144. The largest absolute Gasteiger partial charge is 0.465 e. The fourth-order valence-corrected chi connectivity index (χ4v) is 1.54. The molecule has 1 unspecified atom stereocenters. The summed E-state index contributed by atoms with van der Waals surface area (Å²) in [5.41, 5.74) is 0.971. The van der Waals surface area contributed by atoms with Gasteiger partial charge in [0.05, 0.1) is 13.2 Å². The monoisotopic (exact) mass is 239 g/mol. The summed E-state index contributed by atoms with van der Waals surface area (Å²) in [7, 11) is 1.84. The minimum absolute atomic E-state index is 0.0417. The molecule has 1 aromatic rings. The van der Waals surface area contributed by atoms with E-state index in [1.165, 1.54) is 12.1 Å². The molecule has 0 spiro atoms. The summed E-state index contributed by atoms with van der Waals surface area (Å²) in [5, 5.41) is 0. The lowest BCUT2D eigenvalue weighted by Gasteiger charge is -2.23. The smallest absolute Gasteiger partial charge is 0.320 e. The molecule has 4 heteroatoms. The van der Waals surface area contributed by atoms with E-state index in [2.05, 4.69) is 0 Å². The van der Waals surface area contributed by atoms with Crippen molar-refractivity contribution in [2.75, 3.05) is 20.2 Å². The van der Waals surface area contributed by atoms with Crippen LogP contribution in [-0.4, -0.2) is 31.1 Å². The van der Waals surface area contributed by atoms with Gasteiger partial charge in [0.1, 0.15) is 5.82 Å². The number of halogens is 1. The quantitative estimate of drug-likeness (QED) is 0.739. The van der Waals surface area contributed by atoms with Crippen LogP contribution in [0.5, 0.6) is 0 Å². The molecule has 0 heterocycles. The number of hydrogen-bond donors (Lipinski definition) is 0. The van der Waals surface area contributed by atoms with Gasteiger partial charge >= 0.3 is 5.97 Å². The summed E-state index contributed by atoms with van der Waals surface area (Å²) in [6.45, 7) is 4.36. The van der Waals surface area contributed by atoms with E-state index in [9.17, 15) is 9.18 Å². The Morgan fingerprint density at radius 3 is 2.53 bits per heavy atom. The maximum atomic E-state index is 12.8. The lowest BCUT2D eigenvalue weighted by atomic mass is 10.1. The van der Waals surface area contributed by atoms with Crippen LogP contribution in [0.25, 0.3) is 0 Å². The van der Waals surface area contributed by atoms with Crippen LogP contribution in [0, 0.1) is 5.82 Å². The molecule has 17 heavy (non-hydrogen) atoms. The van der Waals surface area contributed by atoms with Crippen molar-refractivity contribution in [1.82, 2.24) is 4.90 Å². The first-order valence-corrected chi connectivity index (χ1v) is 5.66. The Morgan fingerprint density at radius 1 is 1.41 bits per heavy atom. The second-order valence-corrected chi connectivity index (χ2v) is 3.95. The van der Waals surface area contributed by atoms with E-state index in [0.717, 1.165) is 5.56 Å². The highest BCUT2D eigenvalue weighted by Crippen LogP contribution is 2.18. The Bertz CT molecular complexity index is 364. The SMILES string of the molecule is CCOC(=O)CN(C)C(C)c1ccc(F)cc1. The Morgan fingerprint density at radius 2 is 2.00 bits per heavy atom. The van der Waals surface area contributed by atoms with Crippen LogP contribution < -0.4 is 0 Å². The van der Waals surface area contributed by atoms with E-state index >= 15 is 0 Å². The molecule has 1 aromatic carbocycles. The van der Waals surface area contributed by atoms with Crippen LogP contribution >= 0.6 is 0 Å². The first-order chi connectivity index (χ1) is 8.04. The molecule has 0 radical (unpaired) electrons. The van der Waals surface area contributed by atoms with Crippen molar-refractivity contribution in [1.29, 1.82) is 0 Å². The number of rotatable bonds is 5. The second-order valence-electron chi connectivity index (χ2n) is 3.95. The van der Waals surface area contributed by atoms with Crippen molar-refractivity contribution in [3.63, 3.8) is 0 Å². The predicted molar refractivity (Wildman–Crippen MR) is 64.1 cm³/mol. The summed E-state index contributed by atoms with van der Waals surface area (Å²) in [5.74, 6) is -0.502. The van der Waals surface area contributed by atoms with Gasteiger partial charge in [-0.2, -0.15) is 0 Å². The van der Waals surface area contributed by atoms with Gasteiger partial charge in [-0.1, -0.05) is 12.1 Å². The second kappa shape index (κ2) is 6.35. The molecule has 0 saturated carbocycles. The van der Waals surface area contributed by atoms with Gasteiger partial charge in [-0.05, 0) is 38.6 Å². The standard InChI is InChI=1S/C13H18FNO2/c1-4-17-13(16)9-15(3)10(2)11-5-7-12(14)8-6-11/h5-8,10H,4,9H2,1-3H3. The van der Waals surface area contributed by atoms with Crippen molar-refractivity contribution in [2.24, 2.45) is 0 Å². The molecular weight excluding hydrogens is 221 g/mol. The first-order valence-electron chi connectivity index (χ1n) is 5.66. The number of carbonyl (C=O) groups excluding carboxylic acids is 1. The molecule has 3 nitrogen and oxygen atoms in total.